The molecule has 0 unspecified atom stereocenters. The maximum atomic E-state index is 12.7. The number of benzene rings is 1. The number of rotatable bonds is 5. The summed E-state index contributed by atoms with van der Waals surface area (Å²) >= 11 is 0. The SMILES string of the molecule is C[C@@]1(C2CC2)NC(=O)N(C[C@H]2CN(Cc3ccccc3)CCO2)C1=O. The smallest absolute Gasteiger partial charge is 0.325 e. The molecule has 3 fully saturated rings. The van der Waals surface area contributed by atoms with Crippen LogP contribution in [0.5, 0.6) is 0 Å². The van der Waals surface area contributed by atoms with Gasteiger partial charge in [0.05, 0.1) is 19.3 Å². The Labute approximate surface area is 148 Å². The van der Waals surface area contributed by atoms with Gasteiger partial charge in [0.15, 0.2) is 0 Å². The van der Waals surface area contributed by atoms with Crippen LogP contribution in [0, 0.1) is 5.92 Å². The molecule has 1 saturated carbocycles. The third-order valence-electron chi connectivity index (χ3n) is 5.55. The number of carbonyl (C=O) groups excluding carboxylic acids is 2. The first kappa shape index (κ1) is 16.5. The largest absolute Gasteiger partial charge is 0.374 e. The summed E-state index contributed by atoms with van der Waals surface area (Å²) in [5.74, 6) is 0.194. The average molecular weight is 343 g/mol. The van der Waals surface area contributed by atoms with Crippen LogP contribution in [0.2, 0.25) is 0 Å². The van der Waals surface area contributed by atoms with Crippen LogP contribution in [0.15, 0.2) is 30.3 Å². The molecule has 1 aromatic rings. The van der Waals surface area contributed by atoms with Gasteiger partial charge in [-0.1, -0.05) is 30.3 Å². The van der Waals surface area contributed by atoms with Crippen molar-refractivity contribution in [3.8, 4) is 0 Å². The molecule has 0 spiro atoms. The summed E-state index contributed by atoms with van der Waals surface area (Å²) < 4.78 is 5.83. The predicted molar refractivity (Wildman–Crippen MR) is 92.8 cm³/mol. The van der Waals surface area contributed by atoms with E-state index in [1.165, 1.54) is 10.5 Å². The van der Waals surface area contributed by atoms with Gasteiger partial charge in [-0.2, -0.15) is 0 Å². The Morgan fingerprint density at radius 2 is 2.00 bits per heavy atom. The van der Waals surface area contributed by atoms with Crippen molar-refractivity contribution < 1.29 is 14.3 Å². The molecule has 25 heavy (non-hydrogen) atoms. The van der Waals surface area contributed by atoms with Gasteiger partial charge < -0.3 is 10.1 Å². The summed E-state index contributed by atoms with van der Waals surface area (Å²) in [7, 11) is 0. The van der Waals surface area contributed by atoms with Crippen molar-refractivity contribution in [2.24, 2.45) is 5.92 Å². The lowest BCUT2D eigenvalue weighted by molar-refractivity contribution is -0.133. The molecule has 2 saturated heterocycles. The van der Waals surface area contributed by atoms with Crippen LogP contribution in [-0.2, 0) is 16.1 Å². The molecule has 1 aromatic carbocycles. The molecule has 134 valence electrons. The Kier molecular flexibility index (Phi) is 4.25. The second-order valence-electron chi connectivity index (χ2n) is 7.54. The van der Waals surface area contributed by atoms with E-state index in [9.17, 15) is 9.59 Å². The van der Waals surface area contributed by atoms with Crippen molar-refractivity contribution >= 4 is 11.9 Å². The van der Waals surface area contributed by atoms with Crippen LogP contribution in [0.3, 0.4) is 0 Å². The molecule has 2 atom stereocenters. The van der Waals surface area contributed by atoms with Crippen LogP contribution < -0.4 is 5.32 Å². The van der Waals surface area contributed by atoms with E-state index in [1.807, 2.05) is 25.1 Å². The highest BCUT2D eigenvalue weighted by Gasteiger charge is 2.56. The van der Waals surface area contributed by atoms with Crippen LogP contribution in [-0.4, -0.2) is 59.6 Å². The monoisotopic (exact) mass is 343 g/mol. The van der Waals surface area contributed by atoms with Gasteiger partial charge in [-0.05, 0) is 31.2 Å². The number of nitrogens with one attached hydrogen (secondary N) is 1. The van der Waals surface area contributed by atoms with Crippen molar-refractivity contribution in [1.29, 1.82) is 0 Å². The Hall–Kier alpha value is -1.92. The van der Waals surface area contributed by atoms with Gasteiger partial charge in [-0.15, -0.1) is 0 Å². The summed E-state index contributed by atoms with van der Waals surface area (Å²) in [5, 5.41) is 2.90. The molecule has 3 amide bonds. The van der Waals surface area contributed by atoms with Gasteiger partial charge in [0.25, 0.3) is 5.91 Å². The number of hydrogen-bond acceptors (Lipinski definition) is 4. The first-order valence-electron chi connectivity index (χ1n) is 9.08. The Balaban J connectivity index is 1.37. The molecule has 2 aliphatic heterocycles. The highest BCUT2D eigenvalue weighted by Crippen LogP contribution is 2.42. The van der Waals surface area contributed by atoms with Gasteiger partial charge >= 0.3 is 6.03 Å². The third kappa shape index (κ3) is 3.28. The molecule has 2 heterocycles. The lowest BCUT2D eigenvalue weighted by atomic mass is 9.96. The average Bonchev–Trinajstić information content (AvgIpc) is 3.43. The fraction of sp³-hybridized carbons (Fsp3) is 0.579. The van der Waals surface area contributed by atoms with E-state index in [4.69, 9.17) is 4.74 Å². The van der Waals surface area contributed by atoms with Gasteiger partial charge in [-0.25, -0.2) is 4.79 Å². The van der Waals surface area contributed by atoms with Crippen LogP contribution in [0.25, 0.3) is 0 Å². The third-order valence-corrected chi connectivity index (χ3v) is 5.55. The standard InChI is InChI=1S/C19H25N3O3/c1-19(15-7-8-15)17(23)22(18(24)20-19)13-16-12-21(9-10-25-16)11-14-5-3-2-4-6-14/h2-6,15-16H,7-13H2,1H3,(H,20,24)/t16-,19+/m1/s1. The van der Waals surface area contributed by atoms with Crippen molar-refractivity contribution in [1.82, 2.24) is 15.1 Å². The molecule has 6 heteroatoms. The van der Waals surface area contributed by atoms with Gasteiger partial charge in [-0.3, -0.25) is 14.6 Å². The second-order valence-corrected chi connectivity index (χ2v) is 7.54. The lowest BCUT2D eigenvalue weighted by Crippen LogP contribution is -2.50. The number of carbonyl (C=O) groups is 2. The van der Waals surface area contributed by atoms with E-state index < -0.39 is 5.54 Å². The van der Waals surface area contributed by atoms with Crippen LogP contribution in [0.1, 0.15) is 25.3 Å². The van der Waals surface area contributed by atoms with E-state index in [2.05, 4.69) is 22.3 Å². The van der Waals surface area contributed by atoms with E-state index in [-0.39, 0.29) is 24.0 Å². The maximum Gasteiger partial charge on any atom is 0.325 e. The molecular formula is C19H25N3O3. The number of nitrogens with zero attached hydrogens (tertiary/aromatic N) is 2. The molecule has 3 aliphatic rings. The van der Waals surface area contributed by atoms with Crippen LogP contribution >= 0.6 is 0 Å². The van der Waals surface area contributed by atoms with E-state index in [0.29, 0.717) is 13.2 Å². The maximum absolute atomic E-state index is 12.7. The van der Waals surface area contributed by atoms with Gasteiger partial charge in [0.1, 0.15) is 5.54 Å². The number of hydrogen-bond donors (Lipinski definition) is 1. The van der Waals surface area contributed by atoms with Crippen LogP contribution in [0.4, 0.5) is 4.79 Å². The minimum atomic E-state index is -0.713. The van der Waals surface area contributed by atoms with E-state index in [1.54, 1.807) is 0 Å². The Bertz CT molecular complexity index is 661. The van der Waals surface area contributed by atoms with Crippen molar-refractivity contribution in [2.75, 3.05) is 26.2 Å². The summed E-state index contributed by atoms with van der Waals surface area (Å²) in [6, 6.07) is 10.0. The fourth-order valence-electron chi connectivity index (χ4n) is 3.90. The molecule has 0 radical (unpaired) electrons. The van der Waals surface area contributed by atoms with Gasteiger partial charge in [0.2, 0.25) is 0 Å². The quantitative estimate of drug-likeness (QED) is 0.825. The first-order valence-corrected chi connectivity index (χ1v) is 9.08. The van der Waals surface area contributed by atoms with Gasteiger partial charge in [0, 0.05) is 19.6 Å². The molecule has 1 aliphatic carbocycles. The fourth-order valence-corrected chi connectivity index (χ4v) is 3.90. The topological polar surface area (TPSA) is 61.9 Å². The highest BCUT2D eigenvalue weighted by atomic mass is 16.5. The number of imide groups is 1. The molecule has 4 rings (SSSR count). The molecule has 0 bridgehead atoms. The minimum Gasteiger partial charge on any atom is -0.374 e. The number of amides is 3. The Morgan fingerprint density at radius 1 is 1.24 bits per heavy atom. The second kappa shape index (κ2) is 6.42. The zero-order valence-electron chi connectivity index (χ0n) is 14.6. The summed E-state index contributed by atoms with van der Waals surface area (Å²) in [5.41, 5.74) is 0.551. The zero-order chi connectivity index (χ0) is 17.4. The lowest BCUT2D eigenvalue weighted by Gasteiger charge is -2.34. The molecule has 6 nitrogen and oxygen atoms in total. The van der Waals surface area contributed by atoms with Crippen molar-refractivity contribution in [3.63, 3.8) is 0 Å². The first-order chi connectivity index (χ1) is 12.1. The Morgan fingerprint density at radius 3 is 2.72 bits per heavy atom. The summed E-state index contributed by atoms with van der Waals surface area (Å²) in [4.78, 5) is 28.7. The van der Waals surface area contributed by atoms with E-state index >= 15 is 0 Å². The summed E-state index contributed by atoms with van der Waals surface area (Å²) in [6.07, 6.45) is 1.90. The van der Waals surface area contributed by atoms with Crippen molar-refractivity contribution in [2.45, 2.75) is 38.0 Å². The molecule has 1 N–H and O–H groups in total. The normalized spacial score (nSPS) is 30.6. The molecular weight excluding hydrogens is 318 g/mol. The predicted octanol–water partition coefficient (Wildman–Crippen LogP) is 1.61. The number of morpholine rings is 1. The van der Waals surface area contributed by atoms with E-state index in [0.717, 1.165) is 32.5 Å². The number of urea groups is 1. The van der Waals surface area contributed by atoms with Crippen molar-refractivity contribution in [3.05, 3.63) is 35.9 Å². The molecule has 0 aromatic heterocycles. The summed E-state index contributed by atoms with van der Waals surface area (Å²) in [6.45, 7) is 5.27. The minimum absolute atomic E-state index is 0.0937. The number of ether oxygens (including phenoxy) is 1. The zero-order valence-corrected chi connectivity index (χ0v) is 14.6. The highest BCUT2D eigenvalue weighted by molar-refractivity contribution is 6.07.